The van der Waals surface area contributed by atoms with Crippen molar-refractivity contribution in [2.75, 3.05) is 7.11 Å². The first-order valence-corrected chi connectivity index (χ1v) is 6.28. The van der Waals surface area contributed by atoms with Gasteiger partial charge < -0.3 is 4.74 Å². The molecule has 0 aliphatic carbocycles. The number of hydrogen-bond acceptors (Lipinski definition) is 1. The van der Waals surface area contributed by atoms with Gasteiger partial charge in [0.25, 0.3) is 0 Å². The fourth-order valence-corrected chi connectivity index (χ4v) is 2.12. The third-order valence-electron chi connectivity index (χ3n) is 3.14. The summed E-state index contributed by atoms with van der Waals surface area (Å²) in [5.41, 5.74) is 2.46. The molecular weight excluding hydrogens is 239 g/mol. The van der Waals surface area contributed by atoms with Crippen molar-refractivity contribution >= 4 is 0 Å². The molecule has 2 aromatic rings. The second kappa shape index (κ2) is 5.04. The molecular formula is C17H18FO. The van der Waals surface area contributed by atoms with Crippen molar-refractivity contribution in [3.8, 4) is 16.9 Å². The molecule has 1 radical (unpaired) electrons. The molecule has 0 atom stereocenters. The highest BCUT2D eigenvalue weighted by molar-refractivity contribution is 5.70. The second-order valence-corrected chi connectivity index (χ2v) is 5.57. The summed E-state index contributed by atoms with van der Waals surface area (Å²) in [5.74, 6) is 0.418. The van der Waals surface area contributed by atoms with Crippen LogP contribution in [0.2, 0.25) is 0 Å². The van der Waals surface area contributed by atoms with Crippen LogP contribution in [-0.4, -0.2) is 7.11 Å². The number of hydrogen-bond donors (Lipinski definition) is 0. The summed E-state index contributed by atoms with van der Waals surface area (Å²) in [6.45, 7) is 6.33. The molecule has 19 heavy (non-hydrogen) atoms. The Hall–Kier alpha value is -1.83. The summed E-state index contributed by atoms with van der Waals surface area (Å²) in [5, 5.41) is 0. The average Bonchev–Trinajstić information content (AvgIpc) is 2.38. The van der Waals surface area contributed by atoms with Gasteiger partial charge in [-0.3, -0.25) is 0 Å². The van der Waals surface area contributed by atoms with Gasteiger partial charge in [0.1, 0.15) is 11.6 Å². The summed E-state index contributed by atoms with van der Waals surface area (Å²) < 4.78 is 19.3. The molecule has 0 aromatic heterocycles. The minimum absolute atomic E-state index is 0.0669. The fraction of sp³-hybridized carbons (Fsp3) is 0.294. The number of rotatable bonds is 2. The molecule has 0 aliphatic rings. The molecule has 0 saturated heterocycles. The largest absolute Gasteiger partial charge is 0.497 e. The van der Waals surface area contributed by atoms with E-state index in [9.17, 15) is 4.39 Å². The Balaban J connectivity index is 2.65. The number of methoxy groups -OCH3 is 1. The minimum atomic E-state index is -0.238. The highest BCUT2D eigenvalue weighted by Gasteiger charge is 2.20. The van der Waals surface area contributed by atoms with Crippen molar-refractivity contribution < 1.29 is 9.13 Å². The van der Waals surface area contributed by atoms with E-state index in [2.05, 4.69) is 26.8 Å². The van der Waals surface area contributed by atoms with Gasteiger partial charge in [0.15, 0.2) is 0 Å². The van der Waals surface area contributed by atoms with E-state index in [1.165, 1.54) is 6.07 Å². The third-order valence-corrected chi connectivity index (χ3v) is 3.14. The van der Waals surface area contributed by atoms with Gasteiger partial charge in [0.2, 0.25) is 0 Å². The van der Waals surface area contributed by atoms with Crippen LogP contribution in [0.5, 0.6) is 5.75 Å². The Morgan fingerprint density at radius 2 is 1.84 bits per heavy atom. The highest BCUT2D eigenvalue weighted by Crippen LogP contribution is 2.35. The van der Waals surface area contributed by atoms with Gasteiger partial charge in [-0.1, -0.05) is 39.0 Å². The van der Waals surface area contributed by atoms with E-state index in [0.29, 0.717) is 11.3 Å². The Labute approximate surface area is 114 Å². The zero-order valence-electron chi connectivity index (χ0n) is 11.8. The molecule has 0 aliphatic heterocycles. The van der Waals surface area contributed by atoms with E-state index in [1.54, 1.807) is 19.2 Å². The van der Waals surface area contributed by atoms with Crippen LogP contribution in [0.1, 0.15) is 26.3 Å². The Morgan fingerprint density at radius 1 is 1.11 bits per heavy atom. The van der Waals surface area contributed by atoms with Crippen LogP contribution >= 0.6 is 0 Å². The maximum Gasteiger partial charge on any atom is 0.131 e. The van der Waals surface area contributed by atoms with Crippen molar-refractivity contribution in [2.24, 2.45) is 0 Å². The van der Waals surface area contributed by atoms with Crippen LogP contribution in [0.3, 0.4) is 0 Å². The first-order chi connectivity index (χ1) is 8.93. The number of ether oxygens (including phenoxy) is 1. The van der Waals surface area contributed by atoms with Gasteiger partial charge in [-0.25, -0.2) is 4.39 Å². The predicted octanol–water partition coefficient (Wildman–Crippen LogP) is 4.60. The van der Waals surface area contributed by atoms with Gasteiger partial charge in [-0.15, -0.1) is 0 Å². The van der Waals surface area contributed by atoms with Crippen molar-refractivity contribution in [1.29, 1.82) is 0 Å². The second-order valence-electron chi connectivity index (χ2n) is 5.57. The molecule has 0 fully saturated rings. The van der Waals surface area contributed by atoms with E-state index >= 15 is 0 Å². The predicted molar refractivity (Wildman–Crippen MR) is 75.9 cm³/mol. The summed E-state index contributed by atoms with van der Waals surface area (Å²) in [6.07, 6.45) is 0. The van der Waals surface area contributed by atoms with Gasteiger partial charge in [0.05, 0.1) is 7.11 Å². The molecule has 2 rings (SSSR count). The monoisotopic (exact) mass is 257 g/mol. The lowest BCUT2D eigenvalue weighted by molar-refractivity contribution is 0.414. The molecule has 0 unspecified atom stereocenters. The average molecular weight is 257 g/mol. The summed E-state index contributed by atoms with van der Waals surface area (Å²) >= 11 is 0. The van der Waals surface area contributed by atoms with Gasteiger partial charge in [0, 0.05) is 5.56 Å². The summed E-state index contributed by atoms with van der Waals surface area (Å²) in [4.78, 5) is 0. The molecule has 0 bridgehead atoms. The van der Waals surface area contributed by atoms with Crippen LogP contribution in [0, 0.1) is 11.9 Å². The van der Waals surface area contributed by atoms with Crippen molar-refractivity contribution in [3.05, 3.63) is 53.8 Å². The normalized spacial score (nSPS) is 11.4. The smallest absolute Gasteiger partial charge is 0.131 e. The van der Waals surface area contributed by atoms with E-state index in [0.717, 1.165) is 11.1 Å². The lowest BCUT2D eigenvalue weighted by Gasteiger charge is -2.23. The minimum Gasteiger partial charge on any atom is -0.497 e. The quantitative estimate of drug-likeness (QED) is 0.764. The van der Waals surface area contributed by atoms with Crippen molar-refractivity contribution in [2.45, 2.75) is 26.2 Å². The van der Waals surface area contributed by atoms with Crippen molar-refractivity contribution in [1.82, 2.24) is 0 Å². The SMILES string of the molecule is COc1ccc(F)c(-c2cc[c]cc2C(C)(C)C)c1. The zero-order chi connectivity index (χ0) is 14.0. The highest BCUT2D eigenvalue weighted by atomic mass is 19.1. The number of halogens is 1. The summed E-state index contributed by atoms with van der Waals surface area (Å²) in [7, 11) is 1.58. The Bertz CT molecular complexity index is 582. The maximum absolute atomic E-state index is 14.1. The first kappa shape index (κ1) is 13.6. The standard InChI is InChI=1S/C17H18FO/c1-17(2,3)15-8-6-5-7-13(15)14-11-12(19-4)9-10-16(14)18/h5,7-11H,1-4H3. The lowest BCUT2D eigenvalue weighted by Crippen LogP contribution is -2.12. The zero-order valence-corrected chi connectivity index (χ0v) is 11.8. The van der Waals surface area contributed by atoms with Gasteiger partial charge in [-0.05, 0) is 40.8 Å². The van der Waals surface area contributed by atoms with Gasteiger partial charge >= 0.3 is 0 Å². The molecule has 2 heteroatoms. The van der Waals surface area contributed by atoms with Crippen molar-refractivity contribution in [3.63, 3.8) is 0 Å². The molecule has 0 heterocycles. The van der Waals surface area contributed by atoms with Crippen LogP contribution in [0.15, 0.2) is 36.4 Å². The van der Waals surface area contributed by atoms with E-state index in [1.807, 2.05) is 18.2 Å². The Morgan fingerprint density at radius 3 is 2.47 bits per heavy atom. The molecule has 0 amide bonds. The Kier molecular flexibility index (Phi) is 3.61. The van der Waals surface area contributed by atoms with E-state index in [-0.39, 0.29) is 11.2 Å². The van der Waals surface area contributed by atoms with Crippen LogP contribution in [0.4, 0.5) is 4.39 Å². The molecule has 2 aromatic carbocycles. The topological polar surface area (TPSA) is 9.23 Å². The summed E-state index contributed by atoms with van der Waals surface area (Å²) in [6, 6.07) is 13.5. The lowest BCUT2D eigenvalue weighted by atomic mass is 9.82. The molecule has 0 saturated carbocycles. The first-order valence-electron chi connectivity index (χ1n) is 6.28. The molecule has 0 N–H and O–H groups in total. The molecule has 99 valence electrons. The molecule has 1 nitrogen and oxygen atoms in total. The van der Waals surface area contributed by atoms with Crippen LogP contribution in [-0.2, 0) is 5.41 Å². The van der Waals surface area contributed by atoms with E-state index in [4.69, 9.17) is 4.74 Å². The maximum atomic E-state index is 14.1. The van der Waals surface area contributed by atoms with E-state index < -0.39 is 0 Å². The fourth-order valence-electron chi connectivity index (χ4n) is 2.12. The van der Waals surface area contributed by atoms with Gasteiger partial charge in [-0.2, -0.15) is 0 Å². The number of benzene rings is 2. The van der Waals surface area contributed by atoms with Crippen LogP contribution < -0.4 is 4.74 Å². The van der Waals surface area contributed by atoms with Crippen LogP contribution in [0.25, 0.3) is 11.1 Å². The third kappa shape index (κ3) is 2.78. The molecule has 0 spiro atoms.